The van der Waals surface area contributed by atoms with Gasteiger partial charge in [0.1, 0.15) is 6.61 Å². The average molecular weight is 262 g/mol. The second-order valence-electron chi connectivity index (χ2n) is 3.61. The normalized spacial score (nSPS) is 18.9. The number of hydrogen-bond donors (Lipinski definition) is 0. The minimum Gasteiger partial charge on any atom is -0.463 e. The van der Waals surface area contributed by atoms with Gasteiger partial charge in [0.05, 0.1) is 12.7 Å². The van der Waals surface area contributed by atoms with Crippen molar-refractivity contribution in [3.05, 3.63) is 12.2 Å². The summed E-state index contributed by atoms with van der Waals surface area (Å²) in [4.78, 5) is 10.5. The lowest BCUT2D eigenvalue weighted by Gasteiger charge is -2.20. The van der Waals surface area contributed by atoms with E-state index in [1.54, 1.807) is 0 Å². The van der Waals surface area contributed by atoms with Crippen LogP contribution in [0.1, 0.15) is 6.92 Å². The summed E-state index contributed by atoms with van der Waals surface area (Å²) < 4.78 is 10.5. The molecule has 0 aromatic heterocycles. The summed E-state index contributed by atoms with van der Waals surface area (Å²) >= 11 is 3.73. The zero-order valence-electron chi connectivity index (χ0n) is 9.57. The first-order valence-corrected chi connectivity index (χ1v) is 7.56. The molecule has 0 aromatic rings. The summed E-state index contributed by atoms with van der Waals surface area (Å²) in [5.41, 5.74) is 1.30. The summed E-state index contributed by atoms with van der Waals surface area (Å²) in [5, 5.41) is 0. The molecule has 1 aliphatic rings. The van der Waals surface area contributed by atoms with Crippen LogP contribution in [0.25, 0.3) is 0 Å². The van der Waals surface area contributed by atoms with Crippen molar-refractivity contribution in [3.8, 4) is 0 Å². The maximum Gasteiger partial charge on any atom is 0.302 e. The predicted molar refractivity (Wildman–Crippen MR) is 70.2 cm³/mol. The SMILES string of the molecule is C=C1CSCC(OCCOC(C)=O)CSC1. The van der Waals surface area contributed by atoms with E-state index in [1.807, 2.05) is 23.5 Å². The molecule has 1 heterocycles. The third-order valence-corrected chi connectivity index (χ3v) is 4.40. The van der Waals surface area contributed by atoms with E-state index >= 15 is 0 Å². The van der Waals surface area contributed by atoms with E-state index in [-0.39, 0.29) is 12.1 Å². The van der Waals surface area contributed by atoms with Crippen molar-refractivity contribution in [3.63, 3.8) is 0 Å². The van der Waals surface area contributed by atoms with Crippen LogP contribution in [0, 0.1) is 0 Å². The van der Waals surface area contributed by atoms with E-state index in [0.717, 1.165) is 23.0 Å². The Morgan fingerprint density at radius 3 is 2.56 bits per heavy atom. The Hall–Kier alpha value is -0.130. The Bertz CT molecular complexity index is 231. The lowest BCUT2D eigenvalue weighted by molar-refractivity contribution is -0.142. The van der Waals surface area contributed by atoms with Gasteiger partial charge in [-0.3, -0.25) is 4.79 Å². The molecular formula is C11H18O3S2. The molecule has 0 spiro atoms. The molecule has 0 saturated carbocycles. The lowest BCUT2D eigenvalue weighted by Crippen LogP contribution is -2.23. The summed E-state index contributed by atoms with van der Waals surface area (Å²) in [7, 11) is 0. The summed E-state index contributed by atoms with van der Waals surface area (Å²) in [5.74, 6) is 3.78. The zero-order valence-corrected chi connectivity index (χ0v) is 11.2. The smallest absolute Gasteiger partial charge is 0.302 e. The number of carbonyl (C=O) groups excluding carboxylic acids is 1. The fraction of sp³-hybridized carbons (Fsp3) is 0.727. The fourth-order valence-corrected chi connectivity index (χ4v) is 3.51. The van der Waals surface area contributed by atoms with E-state index in [0.29, 0.717) is 13.2 Å². The molecule has 1 fully saturated rings. The number of hydrogen-bond acceptors (Lipinski definition) is 5. The van der Waals surface area contributed by atoms with E-state index in [9.17, 15) is 4.79 Å². The predicted octanol–water partition coefficient (Wildman–Crippen LogP) is 1.97. The largest absolute Gasteiger partial charge is 0.463 e. The third-order valence-electron chi connectivity index (χ3n) is 1.96. The Kier molecular flexibility index (Phi) is 7.00. The summed E-state index contributed by atoms with van der Waals surface area (Å²) in [6.45, 7) is 6.25. The molecule has 0 aromatic carbocycles. The Morgan fingerprint density at radius 2 is 2.00 bits per heavy atom. The molecule has 1 aliphatic heterocycles. The van der Waals surface area contributed by atoms with Crippen molar-refractivity contribution < 1.29 is 14.3 Å². The topological polar surface area (TPSA) is 35.5 Å². The number of carbonyl (C=O) groups is 1. The Balaban J connectivity index is 2.11. The summed E-state index contributed by atoms with van der Waals surface area (Å²) in [6.07, 6.45) is 0.263. The van der Waals surface area contributed by atoms with Crippen LogP contribution < -0.4 is 0 Å². The molecule has 3 nitrogen and oxygen atoms in total. The first-order chi connectivity index (χ1) is 7.68. The average Bonchev–Trinajstić information content (AvgIpc) is 2.19. The monoisotopic (exact) mass is 262 g/mol. The highest BCUT2D eigenvalue weighted by molar-refractivity contribution is 8.01. The van der Waals surface area contributed by atoms with E-state index in [1.165, 1.54) is 12.5 Å². The maximum atomic E-state index is 10.5. The van der Waals surface area contributed by atoms with Crippen molar-refractivity contribution in [2.45, 2.75) is 13.0 Å². The highest BCUT2D eigenvalue weighted by Crippen LogP contribution is 2.20. The van der Waals surface area contributed by atoms with Crippen molar-refractivity contribution in [2.75, 3.05) is 36.2 Å². The first kappa shape index (κ1) is 13.9. The molecule has 1 rings (SSSR count). The van der Waals surface area contributed by atoms with Gasteiger partial charge in [0.25, 0.3) is 0 Å². The van der Waals surface area contributed by atoms with Crippen LogP contribution in [-0.2, 0) is 14.3 Å². The molecule has 16 heavy (non-hydrogen) atoms. The highest BCUT2D eigenvalue weighted by atomic mass is 32.2. The standard InChI is InChI=1S/C11H18O3S2/c1-9-5-15-7-11(8-16-6-9)14-4-3-13-10(2)12/h11H,1,3-8H2,2H3. The fourth-order valence-electron chi connectivity index (χ4n) is 1.26. The molecule has 0 bridgehead atoms. The molecule has 1 saturated heterocycles. The van der Waals surface area contributed by atoms with Crippen molar-refractivity contribution in [2.24, 2.45) is 0 Å². The van der Waals surface area contributed by atoms with E-state index < -0.39 is 0 Å². The number of rotatable bonds is 4. The number of ether oxygens (including phenoxy) is 2. The van der Waals surface area contributed by atoms with Crippen molar-refractivity contribution >= 4 is 29.5 Å². The van der Waals surface area contributed by atoms with Gasteiger partial charge in [-0.2, -0.15) is 23.5 Å². The minimum atomic E-state index is -0.249. The van der Waals surface area contributed by atoms with Gasteiger partial charge in [0.15, 0.2) is 0 Å². The molecule has 0 radical (unpaired) electrons. The van der Waals surface area contributed by atoms with Crippen molar-refractivity contribution in [1.29, 1.82) is 0 Å². The molecular weight excluding hydrogens is 244 g/mol. The van der Waals surface area contributed by atoms with Crippen LogP contribution in [0.3, 0.4) is 0 Å². The Morgan fingerprint density at radius 1 is 1.38 bits per heavy atom. The quantitative estimate of drug-likeness (QED) is 0.440. The second kappa shape index (κ2) is 8.03. The molecule has 0 atom stereocenters. The minimum absolute atomic E-state index is 0.249. The molecule has 0 N–H and O–H groups in total. The van der Waals surface area contributed by atoms with Crippen molar-refractivity contribution in [1.82, 2.24) is 0 Å². The van der Waals surface area contributed by atoms with Gasteiger partial charge < -0.3 is 9.47 Å². The van der Waals surface area contributed by atoms with E-state index in [2.05, 4.69) is 6.58 Å². The lowest BCUT2D eigenvalue weighted by atomic mass is 10.4. The van der Waals surface area contributed by atoms with Gasteiger partial charge in [0.2, 0.25) is 0 Å². The molecule has 0 aliphatic carbocycles. The van der Waals surface area contributed by atoms with Crippen LogP contribution >= 0.6 is 23.5 Å². The zero-order chi connectivity index (χ0) is 11.8. The first-order valence-electron chi connectivity index (χ1n) is 5.25. The van der Waals surface area contributed by atoms with Crippen LogP contribution in [0.15, 0.2) is 12.2 Å². The van der Waals surface area contributed by atoms with Crippen LogP contribution in [0.4, 0.5) is 0 Å². The van der Waals surface area contributed by atoms with Gasteiger partial charge in [-0.05, 0) is 0 Å². The Labute approximate surface area is 105 Å². The maximum absolute atomic E-state index is 10.5. The van der Waals surface area contributed by atoms with Gasteiger partial charge in [0, 0.05) is 29.9 Å². The number of thioether (sulfide) groups is 2. The van der Waals surface area contributed by atoms with Crippen LogP contribution in [-0.4, -0.2) is 48.3 Å². The van der Waals surface area contributed by atoms with E-state index in [4.69, 9.17) is 9.47 Å². The molecule has 92 valence electrons. The molecule has 5 heteroatoms. The van der Waals surface area contributed by atoms with Gasteiger partial charge >= 0.3 is 5.97 Å². The van der Waals surface area contributed by atoms with Crippen LogP contribution in [0.2, 0.25) is 0 Å². The molecule has 0 amide bonds. The van der Waals surface area contributed by atoms with Gasteiger partial charge in [-0.15, -0.1) is 0 Å². The van der Waals surface area contributed by atoms with Crippen LogP contribution in [0.5, 0.6) is 0 Å². The highest BCUT2D eigenvalue weighted by Gasteiger charge is 2.13. The molecule has 0 unspecified atom stereocenters. The van der Waals surface area contributed by atoms with Gasteiger partial charge in [-0.1, -0.05) is 12.2 Å². The van der Waals surface area contributed by atoms with Gasteiger partial charge in [-0.25, -0.2) is 0 Å². The second-order valence-corrected chi connectivity index (χ2v) is 5.67. The number of esters is 1. The third kappa shape index (κ3) is 6.45. The summed E-state index contributed by atoms with van der Waals surface area (Å²) in [6, 6.07) is 0.